The van der Waals surface area contributed by atoms with Crippen molar-refractivity contribution in [2.75, 3.05) is 6.54 Å². The molecule has 9 heteroatoms. The van der Waals surface area contributed by atoms with Crippen molar-refractivity contribution in [3.05, 3.63) is 34.8 Å². The van der Waals surface area contributed by atoms with Crippen molar-refractivity contribution in [1.82, 2.24) is 19.7 Å². The van der Waals surface area contributed by atoms with E-state index in [9.17, 15) is 18.0 Å². The highest BCUT2D eigenvalue weighted by atomic mass is 19.4. The molecule has 2 aromatic heterocycles. The molecule has 0 radical (unpaired) electrons. The lowest BCUT2D eigenvalue weighted by molar-refractivity contribution is -0.143. The molecule has 0 aromatic carbocycles. The van der Waals surface area contributed by atoms with Crippen LogP contribution >= 0.6 is 0 Å². The van der Waals surface area contributed by atoms with Gasteiger partial charge in [-0.15, -0.1) is 0 Å². The Hall–Kier alpha value is -2.32. The Morgan fingerprint density at radius 3 is 2.52 bits per heavy atom. The highest BCUT2D eigenvalue weighted by molar-refractivity contribution is 5.92. The zero-order chi connectivity index (χ0) is 18.6. The van der Waals surface area contributed by atoms with Crippen LogP contribution in [0.15, 0.2) is 10.5 Å². The first kappa shape index (κ1) is 17.5. The normalized spacial score (nSPS) is 15.4. The van der Waals surface area contributed by atoms with Crippen LogP contribution in [0.25, 0.3) is 0 Å². The van der Waals surface area contributed by atoms with Crippen LogP contribution in [-0.4, -0.2) is 32.1 Å². The molecule has 0 bridgehead atoms. The van der Waals surface area contributed by atoms with Crippen LogP contribution in [0.3, 0.4) is 0 Å². The summed E-state index contributed by atoms with van der Waals surface area (Å²) in [6.45, 7) is 6.47. The summed E-state index contributed by atoms with van der Waals surface area (Å²) in [4.78, 5) is 18.4. The smallest absolute Gasteiger partial charge is 0.433 e. The minimum atomic E-state index is -4.55. The van der Waals surface area contributed by atoms with Gasteiger partial charge in [0.15, 0.2) is 11.6 Å². The summed E-state index contributed by atoms with van der Waals surface area (Å²) in [5.74, 6) is 0.770. The first-order valence-corrected chi connectivity index (χ1v) is 7.86. The number of hydrogen-bond donors (Lipinski definition) is 0. The van der Waals surface area contributed by atoms with E-state index in [4.69, 9.17) is 4.42 Å². The van der Waals surface area contributed by atoms with Crippen molar-refractivity contribution < 1.29 is 22.4 Å². The lowest BCUT2D eigenvalue weighted by Crippen LogP contribution is -2.36. The van der Waals surface area contributed by atoms with Crippen LogP contribution in [0.2, 0.25) is 0 Å². The fourth-order valence-corrected chi connectivity index (χ4v) is 2.69. The number of hydrogen-bond acceptors (Lipinski definition) is 4. The number of halogens is 3. The summed E-state index contributed by atoms with van der Waals surface area (Å²) in [6.07, 6.45) is -4.08. The molecule has 0 unspecified atom stereocenters. The van der Waals surface area contributed by atoms with Crippen molar-refractivity contribution in [3.8, 4) is 0 Å². The molecule has 0 aliphatic carbocycles. The van der Waals surface area contributed by atoms with E-state index in [0.29, 0.717) is 29.2 Å². The first-order valence-electron chi connectivity index (χ1n) is 7.86. The third kappa shape index (κ3) is 3.27. The number of oxazole rings is 1. The van der Waals surface area contributed by atoms with Crippen LogP contribution in [0.1, 0.15) is 54.3 Å². The maximum atomic E-state index is 12.9. The molecule has 25 heavy (non-hydrogen) atoms. The number of fused-ring (bicyclic) bond motifs is 1. The van der Waals surface area contributed by atoms with Gasteiger partial charge in [0.25, 0.3) is 5.91 Å². The lowest BCUT2D eigenvalue weighted by atomic mass is 9.97. The van der Waals surface area contributed by atoms with Gasteiger partial charge in [-0.25, -0.2) is 4.98 Å². The van der Waals surface area contributed by atoms with Crippen LogP contribution < -0.4 is 0 Å². The lowest BCUT2D eigenvalue weighted by Gasteiger charge is -2.24. The third-order valence-corrected chi connectivity index (χ3v) is 4.05. The van der Waals surface area contributed by atoms with Crippen LogP contribution in [0, 0.1) is 0 Å². The van der Waals surface area contributed by atoms with Crippen molar-refractivity contribution in [2.45, 2.75) is 45.3 Å². The largest absolute Gasteiger partial charge is 0.445 e. The second-order valence-electron chi connectivity index (χ2n) is 7.15. The van der Waals surface area contributed by atoms with Crippen LogP contribution in [0.4, 0.5) is 13.2 Å². The molecule has 0 spiro atoms. The molecule has 1 aliphatic heterocycles. The monoisotopic (exact) mass is 356 g/mol. The number of amides is 1. The number of nitrogens with zero attached hydrogens (tertiary/aromatic N) is 4. The molecule has 3 heterocycles. The summed E-state index contributed by atoms with van der Waals surface area (Å²) >= 11 is 0. The zero-order valence-corrected chi connectivity index (χ0v) is 14.4. The Labute approximate surface area is 142 Å². The summed E-state index contributed by atoms with van der Waals surface area (Å²) in [7, 11) is 1.17. The number of carbonyl (C=O) groups excluding carboxylic acids is 1. The molecule has 1 aliphatic rings. The molecule has 0 fully saturated rings. The van der Waals surface area contributed by atoms with E-state index < -0.39 is 17.8 Å². The van der Waals surface area contributed by atoms with Gasteiger partial charge < -0.3 is 9.32 Å². The predicted molar refractivity (Wildman–Crippen MR) is 81.9 cm³/mol. The van der Waals surface area contributed by atoms with Gasteiger partial charge in [0.1, 0.15) is 17.1 Å². The molecule has 1 amide bonds. The Balaban J connectivity index is 1.82. The molecule has 136 valence electrons. The molecule has 6 nitrogen and oxygen atoms in total. The van der Waals surface area contributed by atoms with E-state index in [1.54, 1.807) is 0 Å². The second-order valence-corrected chi connectivity index (χ2v) is 7.15. The highest BCUT2D eigenvalue weighted by Gasteiger charge is 2.37. The quantitative estimate of drug-likeness (QED) is 0.788. The van der Waals surface area contributed by atoms with E-state index in [1.165, 1.54) is 11.9 Å². The second kappa shape index (κ2) is 5.60. The van der Waals surface area contributed by atoms with Crippen LogP contribution in [-0.2, 0) is 31.6 Å². The van der Waals surface area contributed by atoms with Gasteiger partial charge in [-0.05, 0) is 0 Å². The Bertz CT molecular complexity index is 814. The molecule has 2 aromatic rings. The zero-order valence-electron chi connectivity index (χ0n) is 14.4. The van der Waals surface area contributed by atoms with Crippen molar-refractivity contribution in [3.63, 3.8) is 0 Å². The molecule has 0 atom stereocenters. The summed E-state index contributed by atoms with van der Waals surface area (Å²) in [5.41, 5.74) is -0.784. The van der Waals surface area contributed by atoms with Gasteiger partial charge >= 0.3 is 6.18 Å². The third-order valence-electron chi connectivity index (χ3n) is 4.05. The molecular weight excluding hydrogens is 337 g/mol. The molecule has 0 saturated heterocycles. The Morgan fingerprint density at radius 2 is 1.96 bits per heavy atom. The minimum absolute atomic E-state index is 0.200. The number of carbonyl (C=O) groups is 1. The highest BCUT2D eigenvalue weighted by Crippen LogP contribution is 2.31. The number of rotatable bonds is 1. The number of alkyl halides is 3. The van der Waals surface area contributed by atoms with E-state index in [1.807, 2.05) is 20.8 Å². The minimum Gasteiger partial charge on any atom is -0.445 e. The standard InChI is InChI=1S/C16H19F3N4O2/c1-15(2,3)14-20-10-8-23(6-5-11(10)25-14)13(24)9-7-12(16(17,18)19)22(4)21-9/h7H,5-6,8H2,1-4H3. The van der Waals surface area contributed by atoms with Gasteiger partial charge in [0, 0.05) is 31.5 Å². The van der Waals surface area contributed by atoms with E-state index >= 15 is 0 Å². The van der Waals surface area contributed by atoms with Gasteiger partial charge in [0.05, 0.1) is 6.54 Å². The topological polar surface area (TPSA) is 64.2 Å². The van der Waals surface area contributed by atoms with Crippen molar-refractivity contribution >= 4 is 5.91 Å². The van der Waals surface area contributed by atoms with Gasteiger partial charge in [-0.1, -0.05) is 20.8 Å². The predicted octanol–water partition coefficient (Wildman–Crippen LogP) is 2.92. The van der Waals surface area contributed by atoms with E-state index in [-0.39, 0.29) is 17.7 Å². The fraction of sp³-hybridized carbons (Fsp3) is 0.562. The van der Waals surface area contributed by atoms with Gasteiger partial charge in [-0.3, -0.25) is 9.48 Å². The molecule has 3 rings (SSSR count). The average Bonchev–Trinajstić information content (AvgIpc) is 3.08. The molecular formula is C16H19F3N4O2. The number of aryl methyl sites for hydroxylation is 1. The van der Waals surface area contributed by atoms with Gasteiger partial charge in [-0.2, -0.15) is 18.3 Å². The van der Waals surface area contributed by atoms with E-state index in [0.717, 1.165) is 11.8 Å². The van der Waals surface area contributed by atoms with Crippen molar-refractivity contribution in [2.24, 2.45) is 7.05 Å². The summed E-state index contributed by atoms with van der Waals surface area (Å²) in [5, 5.41) is 3.71. The van der Waals surface area contributed by atoms with Crippen LogP contribution in [0.5, 0.6) is 0 Å². The maximum absolute atomic E-state index is 12.9. The number of aromatic nitrogens is 3. The van der Waals surface area contributed by atoms with E-state index in [2.05, 4.69) is 10.1 Å². The average molecular weight is 356 g/mol. The maximum Gasteiger partial charge on any atom is 0.433 e. The summed E-state index contributed by atoms with van der Waals surface area (Å²) < 4.78 is 45.0. The summed E-state index contributed by atoms with van der Waals surface area (Å²) in [6, 6.07) is 0.779. The molecule has 0 saturated carbocycles. The Kier molecular flexibility index (Phi) is 3.92. The SMILES string of the molecule is Cn1nc(C(=O)N2CCc3oc(C(C)(C)C)nc3C2)cc1C(F)(F)F. The Morgan fingerprint density at radius 1 is 1.28 bits per heavy atom. The molecule has 0 N–H and O–H groups in total. The van der Waals surface area contributed by atoms with Crippen molar-refractivity contribution in [1.29, 1.82) is 0 Å². The fourth-order valence-electron chi connectivity index (χ4n) is 2.69. The van der Waals surface area contributed by atoms with Gasteiger partial charge in [0.2, 0.25) is 0 Å². The first-order chi connectivity index (χ1) is 11.5.